The van der Waals surface area contributed by atoms with E-state index in [1.54, 1.807) is 13.3 Å². The summed E-state index contributed by atoms with van der Waals surface area (Å²) in [6.07, 6.45) is 4.93. The summed E-state index contributed by atoms with van der Waals surface area (Å²) in [5.74, 6) is 1.67. The topological polar surface area (TPSA) is 46.5 Å². The van der Waals surface area contributed by atoms with Gasteiger partial charge in [-0.25, -0.2) is 4.98 Å². The lowest BCUT2D eigenvalue weighted by atomic mass is 9.90. The zero-order valence-corrected chi connectivity index (χ0v) is 11.5. The van der Waals surface area contributed by atoms with Gasteiger partial charge in [0, 0.05) is 11.8 Å². The lowest BCUT2D eigenvalue weighted by molar-refractivity contribution is 0.414. The van der Waals surface area contributed by atoms with Crippen LogP contribution in [0.3, 0.4) is 0 Å². The number of hydrazone groups is 1. The molecule has 0 spiro atoms. The third-order valence-corrected chi connectivity index (χ3v) is 3.45. The molecule has 1 aliphatic rings. The van der Waals surface area contributed by atoms with Gasteiger partial charge in [-0.05, 0) is 55.2 Å². The highest BCUT2D eigenvalue weighted by molar-refractivity contribution is 6.03. The van der Waals surface area contributed by atoms with E-state index in [1.165, 1.54) is 11.1 Å². The molecule has 0 fully saturated rings. The van der Waals surface area contributed by atoms with Crippen LogP contribution in [0.15, 0.2) is 47.7 Å². The van der Waals surface area contributed by atoms with E-state index in [9.17, 15) is 0 Å². The lowest BCUT2D eigenvalue weighted by Gasteiger charge is -2.18. The Balaban J connectivity index is 1.86. The molecule has 0 atom stereocenters. The number of anilines is 1. The molecule has 3 rings (SSSR count). The Morgan fingerprint density at radius 2 is 2.15 bits per heavy atom. The zero-order valence-electron chi connectivity index (χ0n) is 11.5. The van der Waals surface area contributed by atoms with Gasteiger partial charge in [0.1, 0.15) is 11.6 Å². The minimum absolute atomic E-state index is 0.764. The van der Waals surface area contributed by atoms with E-state index in [-0.39, 0.29) is 0 Å². The monoisotopic (exact) mass is 267 g/mol. The predicted molar refractivity (Wildman–Crippen MR) is 80.3 cm³/mol. The first-order valence-corrected chi connectivity index (χ1v) is 6.78. The molecule has 2 aromatic rings. The number of nitrogens with zero attached hydrogens (tertiary/aromatic N) is 2. The van der Waals surface area contributed by atoms with Gasteiger partial charge in [-0.3, -0.25) is 5.43 Å². The van der Waals surface area contributed by atoms with Crippen LogP contribution < -0.4 is 10.2 Å². The van der Waals surface area contributed by atoms with Gasteiger partial charge in [-0.1, -0.05) is 6.07 Å². The molecular formula is C16H17N3O. The van der Waals surface area contributed by atoms with Gasteiger partial charge in [-0.2, -0.15) is 5.10 Å². The molecule has 1 aliphatic carbocycles. The Bertz CT molecular complexity index is 623. The van der Waals surface area contributed by atoms with E-state index < -0.39 is 0 Å². The molecule has 4 nitrogen and oxygen atoms in total. The summed E-state index contributed by atoms with van der Waals surface area (Å²) in [6, 6.07) is 11.9. The molecule has 4 heteroatoms. The van der Waals surface area contributed by atoms with E-state index in [0.717, 1.165) is 36.5 Å². The Kier molecular flexibility index (Phi) is 3.63. The maximum Gasteiger partial charge on any atom is 0.146 e. The molecule has 0 amide bonds. The number of hydrogen-bond acceptors (Lipinski definition) is 4. The van der Waals surface area contributed by atoms with Crippen LogP contribution in [0.1, 0.15) is 24.0 Å². The summed E-state index contributed by atoms with van der Waals surface area (Å²) in [5, 5.41) is 4.51. The number of rotatable bonds is 3. The highest BCUT2D eigenvalue weighted by Crippen LogP contribution is 2.25. The number of fused-ring (bicyclic) bond motifs is 1. The third-order valence-electron chi connectivity index (χ3n) is 3.45. The van der Waals surface area contributed by atoms with Crippen LogP contribution in [0, 0.1) is 0 Å². The lowest BCUT2D eigenvalue weighted by Crippen LogP contribution is -2.13. The van der Waals surface area contributed by atoms with Gasteiger partial charge in [0.2, 0.25) is 0 Å². The normalized spacial score (nSPS) is 15.8. The fraction of sp³-hybridized carbons (Fsp3) is 0.250. The first-order chi connectivity index (χ1) is 9.86. The molecule has 0 unspecified atom stereocenters. The molecule has 1 aromatic heterocycles. The number of aromatic nitrogens is 1. The number of methoxy groups -OCH3 is 1. The van der Waals surface area contributed by atoms with Crippen molar-refractivity contribution in [1.29, 1.82) is 0 Å². The van der Waals surface area contributed by atoms with Crippen molar-refractivity contribution in [2.45, 2.75) is 19.3 Å². The summed E-state index contributed by atoms with van der Waals surface area (Å²) < 4.78 is 5.28. The van der Waals surface area contributed by atoms with E-state index in [2.05, 4.69) is 27.6 Å². The molecular weight excluding hydrogens is 250 g/mol. The standard InChI is InChI=1S/C16H17N3O/c1-20-13-8-9-14-12(11-13)5-4-6-15(14)18-19-16-7-2-3-10-17-16/h2-3,7-11H,4-6H2,1H3,(H,17,19). The molecule has 102 valence electrons. The van der Waals surface area contributed by atoms with Crippen molar-refractivity contribution in [2.75, 3.05) is 12.5 Å². The summed E-state index contributed by atoms with van der Waals surface area (Å²) >= 11 is 0. The quantitative estimate of drug-likeness (QED) is 0.868. The molecule has 0 radical (unpaired) electrons. The van der Waals surface area contributed by atoms with Gasteiger partial charge in [0.15, 0.2) is 0 Å². The zero-order chi connectivity index (χ0) is 13.8. The number of hydrogen-bond donors (Lipinski definition) is 1. The SMILES string of the molecule is COc1ccc2c(c1)CCCC2=NNc1ccccn1. The molecule has 0 bridgehead atoms. The first-order valence-electron chi connectivity index (χ1n) is 6.78. The van der Waals surface area contributed by atoms with Gasteiger partial charge < -0.3 is 4.74 Å². The Hall–Kier alpha value is -2.36. The van der Waals surface area contributed by atoms with Crippen molar-refractivity contribution in [3.8, 4) is 5.75 Å². The average molecular weight is 267 g/mol. The highest BCUT2D eigenvalue weighted by atomic mass is 16.5. The van der Waals surface area contributed by atoms with Crippen molar-refractivity contribution in [3.05, 3.63) is 53.7 Å². The second-order valence-corrected chi connectivity index (χ2v) is 4.76. The van der Waals surface area contributed by atoms with Gasteiger partial charge >= 0.3 is 0 Å². The van der Waals surface area contributed by atoms with Crippen LogP contribution in [0.4, 0.5) is 5.82 Å². The minimum Gasteiger partial charge on any atom is -0.497 e. The maximum atomic E-state index is 5.28. The third kappa shape index (κ3) is 2.64. The van der Waals surface area contributed by atoms with E-state index >= 15 is 0 Å². The van der Waals surface area contributed by atoms with Gasteiger partial charge in [-0.15, -0.1) is 0 Å². The smallest absolute Gasteiger partial charge is 0.146 e. The number of ether oxygens (including phenoxy) is 1. The van der Waals surface area contributed by atoms with Crippen LogP contribution in [-0.2, 0) is 6.42 Å². The van der Waals surface area contributed by atoms with Crippen LogP contribution in [0.2, 0.25) is 0 Å². The molecule has 20 heavy (non-hydrogen) atoms. The molecule has 0 aliphatic heterocycles. The van der Waals surface area contributed by atoms with Crippen LogP contribution >= 0.6 is 0 Å². The maximum absolute atomic E-state index is 5.28. The van der Waals surface area contributed by atoms with Gasteiger partial charge in [0.05, 0.1) is 12.8 Å². The van der Waals surface area contributed by atoms with Crippen LogP contribution in [0.25, 0.3) is 0 Å². The number of pyridine rings is 1. The van der Waals surface area contributed by atoms with E-state index in [0.29, 0.717) is 0 Å². The van der Waals surface area contributed by atoms with Crippen molar-refractivity contribution in [1.82, 2.24) is 4.98 Å². The summed E-state index contributed by atoms with van der Waals surface area (Å²) in [6.45, 7) is 0. The fourth-order valence-corrected chi connectivity index (χ4v) is 2.44. The second-order valence-electron chi connectivity index (χ2n) is 4.76. The number of benzene rings is 1. The molecule has 0 saturated heterocycles. The first kappa shape index (κ1) is 12.7. The van der Waals surface area contributed by atoms with Gasteiger partial charge in [0.25, 0.3) is 0 Å². The second kappa shape index (κ2) is 5.74. The summed E-state index contributed by atoms with van der Waals surface area (Å²) in [5.41, 5.74) is 6.62. The predicted octanol–water partition coefficient (Wildman–Crippen LogP) is 3.24. The summed E-state index contributed by atoms with van der Waals surface area (Å²) in [4.78, 5) is 4.21. The average Bonchev–Trinajstić information content (AvgIpc) is 2.53. The molecule has 0 saturated carbocycles. The van der Waals surface area contributed by atoms with E-state index in [4.69, 9.17) is 4.74 Å². The number of nitrogens with one attached hydrogen (secondary N) is 1. The minimum atomic E-state index is 0.764. The highest BCUT2D eigenvalue weighted by Gasteiger charge is 2.16. The molecule has 1 N–H and O–H groups in total. The van der Waals surface area contributed by atoms with E-state index in [1.807, 2.05) is 24.3 Å². The summed E-state index contributed by atoms with van der Waals surface area (Å²) in [7, 11) is 1.70. The fourth-order valence-electron chi connectivity index (χ4n) is 2.44. The Morgan fingerprint density at radius 1 is 1.20 bits per heavy atom. The Labute approximate surface area is 118 Å². The largest absolute Gasteiger partial charge is 0.497 e. The Morgan fingerprint density at radius 3 is 2.95 bits per heavy atom. The van der Waals surface area contributed by atoms with Crippen LogP contribution in [-0.4, -0.2) is 17.8 Å². The van der Waals surface area contributed by atoms with Crippen molar-refractivity contribution < 1.29 is 4.74 Å². The van der Waals surface area contributed by atoms with Crippen LogP contribution in [0.5, 0.6) is 5.75 Å². The van der Waals surface area contributed by atoms with Crippen molar-refractivity contribution >= 4 is 11.5 Å². The number of aryl methyl sites for hydroxylation is 1. The molecule has 1 aromatic carbocycles. The molecule has 1 heterocycles. The van der Waals surface area contributed by atoms with Crippen molar-refractivity contribution in [2.24, 2.45) is 5.10 Å². The van der Waals surface area contributed by atoms with Crippen molar-refractivity contribution in [3.63, 3.8) is 0 Å².